The van der Waals surface area contributed by atoms with Crippen molar-refractivity contribution in [3.05, 3.63) is 20.8 Å². The maximum Gasteiger partial charge on any atom is 0.252 e. The predicted molar refractivity (Wildman–Crippen MR) is 75.5 cm³/mol. The molecule has 1 aromatic rings. The van der Waals surface area contributed by atoms with Gasteiger partial charge in [-0.1, -0.05) is 19.8 Å². The minimum atomic E-state index is 0.0617. The molecule has 0 bridgehead atoms. The van der Waals surface area contributed by atoms with E-state index in [2.05, 4.69) is 28.2 Å². The summed E-state index contributed by atoms with van der Waals surface area (Å²) in [5.41, 5.74) is 1.13. The van der Waals surface area contributed by atoms with Crippen LogP contribution in [0.1, 0.15) is 49.4 Å². The summed E-state index contributed by atoms with van der Waals surface area (Å²) in [7, 11) is 0. The van der Waals surface area contributed by atoms with Crippen LogP contribution in [0.4, 0.5) is 0 Å². The van der Waals surface area contributed by atoms with E-state index in [0.717, 1.165) is 15.9 Å². The maximum atomic E-state index is 11.9. The van der Waals surface area contributed by atoms with E-state index in [0.29, 0.717) is 5.41 Å². The Bertz CT molecular complexity index is 396. The van der Waals surface area contributed by atoms with Crippen molar-refractivity contribution in [1.82, 2.24) is 5.32 Å². The summed E-state index contributed by atoms with van der Waals surface area (Å²) in [4.78, 5) is 11.9. The first kappa shape index (κ1) is 13.1. The molecule has 2 nitrogen and oxygen atoms in total. The van der Waals surface area contributed by atoms with Gasteiger partial charge in [0.15, 0.2) is 0 Å². The lowest BCUT2D eigenvalue weighted by Gasteiger charge is -2.27. The Morgan fingerprint density at radius 2 is 2.24 bits per heavy atom. The van der Waals surface area contributed by atoms with Gasteiger partial charge in [0.2, 0.25) is 0 Å². The first-order valence-corrected chi connectivity index (χ1v) is 7.85. The highest BCUT2D eigenvalue weighted by molar-refractivity contribution is 9.11. The number of hydrogen-bond acceptors (Lipinski definition) is 2. The lowest BCUT2D eigenvalue weighted by atomic mass is 9.83. The summed E-state index contributed by atoms with van der Waals surface area (Å²) in [6.45, 7) is 3.06. The minimum absolute atomic E-state index is 0.0617. The molecule has 1 saturated carbocycles. The number of carbonyl (C=O) groups excluding carboxylic acids is 1. The van der Waals surface area contributed by atoms with Crippen LogP contribution in [0.15, 0.2) is 15.2 Å². The molecule has 1 heterocycles. The molecule has 1 N–H and O–H groups in total. The Balaban J connectivity index is 1.91. The van der Waals surface area contributed by atoms with Gasteiger partial charge in [-0.05, 0) is 46.7 Å². The highest BCUT2D eigenvalue weighted by Crippen LogP contribution is 2.40. The molecule has 1 fully saturated rings. The van der Waals surface area contributed by atoms with E-state index in [4.69, 9.17) is 0 Å². The van der Waals surface area contributed by atoms with Crippen molar-refractivity contribution in [2.75, 3.05) is 6.54 Å². The van der Waals surface area contributed by atoms with Crippen LogP contribution in [0, 0.1) is 5.41 Å². The third-order valence-electron chi connectivity index (χ3n) is 3.87. The van der Waals surface area contributed by atoms with Crippen molar-refractivity contribution in [3.8, 4) is 0 Å². The molecule has 0 aromatic carbocycles. The average molecular weight is 316 g/mol. The van der Waals surface area contributed by atoms with Crippen molar-refractivity contribution in [2.45, 2.75) is 39.0 Å². The number of nitrogens with one attached hydrogen (secondary N) is 1. The molecule has 1 aromatic heterocycles. The highest BCUT2D eigenvalue weighted by atomic mass is 79.9. The molecular weight excluding hydrogens is 298 g/mol. The van der Waals surface area contributed by atoms with Crippen LogP contribution >= 0.6 is 27.3 Å². The third kappa shape index (κ3) is 3.10. The zero-order valence-corrected chi connectivity index (χ0v) is 12.5. The summed E-state index contributed by atoms with van der Waals surface area (Å²) in [6, 6.07) is 1.88. The molecule has 0 aliphatic heterocycles. The fourth-order valence-corrected chi connectivity index (χ4v) is 3.72. The number of halogens is 1. The van der Waals surface area contributed by atoms with E-state index in [9.17, 15) is 4.79 Å². The van der Waals surface area contributed by atoms with Gasteiger partial charge in [0.05, 0.1) is 9.35 Å². The molecule has 0 saturated heterocycles. The Hall–Kier alpha value is -0.350. The first-order valence-electron chi connectivity index (χ1n) is 6.17. The van der Waals surface area contributed by atoms with E-state index >= 15 is 0 Å². The van der Waals surface area contributed by atoms with Crippen molar-refractivity contribution in [2.24, 2.45) is 5.41 Å². The number of amides is 1. The molecule has 4 heteroatoms. The highest BCUT2D eigenvalue weighted by Gasteiger charge is 2.32. The Morgan fingerprint density at radius 3 is 2.76 bits per heavy atom. The van der Waals surface area contributed by atoms with Crippen LogP contribution in [-0.2, 0) is 0 Å². The topological polar surface area (TPSA) is 29.1 Å². The molecule has 1 amide bonds. The van der Waals surface area contributed by atoms with Crippen LogP contribution < -0.4 is 5.32 Å². The molecular formula is C13H18BrNOS. The Kier molecular flexibility index (Phi) is 4.26. The quantitative estimate of drug-likeness (QED) is 0.886. The summed E-state index contributed by atoms with van der Waals surface area (Å²) in [5, 5.41) is 4.99. The molecule has 1 aliphatic rings. The van der Waals surface area contributed by atoms with Gasteiger partial charge in [-0.25, -0.2) is 0 Å². The van der Waals surface area contributed by atoms with Crippen LogP contribution in [0.25, 0.3) is 0 Å². The summed E-state index contributed by atoms with van der Waals surface area (Å²) in [5.74, 6) is 0.0617. The zero-order valence-electron chi connectivity index (χ0n) is 10.1. The van der Waals surface area contributed by atoms with Gasteiger partial charge in [0, 0.05) is 11.9 Å². The van der Waals surface area contributed by atoms with Crippen molar-refractivity contribution in [3.63, 3.8) is 0 Å². The molecule has 0 radical (unpaired) electrons. The molecule has 0 unspecified atom stereocenters. The number of rotatable bonds is 4. The van der Waals surface area contributed by atoms with Crippen molar-refractivity contribution >= 4 is 33.2 Å². The van der Waals surface area contributed by atoms with Crippen LogP contribution in [0.5, 0.6) is 0 Å². The second-order valence-corrected chi connectivity index (χ2v) is 7.17. The summed E-state index contributed by atoms with van der Waals surface area (Å²) < 4.78 is 1.01. The Morgan fingerprint density at radius 1 is 1.53 bits per heavy atom. The molecule has 17 heavy (non-hydrogen) atoms. The van der Waals surface area contributed by atoms with Gasteiger partial charge in [0.25, 0.3) is 5.91 Å². The van der Waals surface area contributed by atoms with E-state index in [1.165, 1.54) is 32.1 Å². The smallest absolute Gasteiger partial charge is 0.252 e. The van der Waals surface area contributed by atoms with Gasteiger partial charge in [-0.3, -0.25) is 4.79 Å². The molecule has 1 aliphatic carbocycles. The van der Waals surface area contributed by atoms with Crippen LogP contribution in [-0.4, -0.2) is 12.5 Å². The number of hydrogen-bond donors (Lipinski definition) is 1. The molecule has 0 spiro atoms. The molecule has 0 atom stereocenters. The van der Waals surface area contributed by atoms with E-state index in [1.807, 2.05) is 11.4 Å². The minimum Gasteiger partial charge on any atom is -0.351 e. The maximum absolute atomic E-state index is 11.9. The van der Waals surface area contributed by atoms with E-state index < -0.39 is 0 Å². The number of thiophene rings is 1. The fourth-order valence-electron chi connectivity index (χ4n) is 2.58. The lowest BCUT2D eigenvalue weighted by molar-refractivity contribution is 0.0929. The number of carbonyl (C=O) groups is 1. The van der Waals surface area contributed by atoms with Gasteiger partial charge in [-0.15, -0.1) is 11.3 Å². The fraction of sp³-hybridized carbons (Fsp3) is 0.615. The third-order valence-corrected chi connectivity index (χ3v) is 5.37. The lowest BCUT2D eigenvalue weighted by Crippen LogP contribution is -2.35. The second kappa shape index (κ2) is 5.53. The molecule has 94 valence electrons. The van der Waals surface area contributed by atoms with Gasteiger partial charge in [0.1, 0.15) is 0 Å². The largest absolute Gasteiger partial charge is 0.351 e. The van der Waals surface area contributed by atoms with Crippen molar-refractivity contribution < 1.29 is 4.79 Å². The monoisotopic (exact) mass is 315 g/mol. The Labute approximate surface area is 115 Å². The van der Waals surface area contributed by atoms with Gasteiger partial charge >= 0.3 is 0 Å². The SMILES string of the molecule is CCC1(CNC(=O)c2csc(Br)c2)CCCC1. The van der Waals surface area contributed by atoms with Crippen molar-refractivity contribution in [1.29, 1.82) is 0 Å². The first-order chi connectivity index (χ1) is 8.15. The second-order valence-electron chi connectivity index (χ2n) is 4.88. The van der Waals surface area contributed by atoms with Crippen LogP contribution in [0.3, 0.4) is 0 Å². The zero-order chi connectivity index (χ0) is 12.3. The molecule has 2 rings (SSSR count). The summed E-state index contributed by atoms with van der Waals surface area (Å²) in [6.07, 6.45) is 6.32. The van der Waals surface area contributed by atoms with E-state index in [1.54, 1.807) is 11.3 Å². The van der Waals surface area contributed by atoms with Crippen LogP contribution in [0.2, 0.25) is 0 Å². The normalized spacial score (nSPS) is 18.2. The predicted octanol–water partition coefficient (Wildman–Crippen LogP) is 4.21. The summed E-state index contributed by atoms with van der Waals surface area (Å²) >= 11 is 4.93. The van der Waals surface area contributed by atoms with E-state index in [-0.39, 0.29) is 5.91 Å². The van der Waals surface area contributed by atoms with Gasteiger partial charge < -0.3 is 5.32 Å². The standard InChI is InChI=1S/C13H18BrNOS/c1-2-13(5-3-4-6-13)9-15-12(16)10-7-11(14)17-8-10/h7-8H,2-6,9H2,1H3,(H,15,16). The van der Waals surface area contributed by atoms with Gasteiger partial charge in [-0.2, -0.15) is 0 Å². The average Bonchev–Trinajstić information content (AvgIpc) is 2.95.